The van der Waals surface area contributed by atoms with Crippen molar-refractivity contribution in [2.24, 2.45) is 0 Å². The fourth-order valence-corrected chi connectivity index (χ4v) is 3.64. The molecule has 4 rings (SSSR count). The molecule has 1 aliphatic rings. The molecule has 0 unspecified atom stereocenters. The highest BCUT2D eigenvalue weighted by molar-refractivity contribution is 5.58. The van der Waals surface area contributed by atoms with E-state index < -0.39 is 0 Å². The Kier molecular flexibility index (Phi) is 5.22. The Morgan fingerprint density at radius 3 is 2.59 bits per heavy atom. The smallest absolute Gasteiger partial charge is 0.254 e. The molecule has 0 amide bonds. The summed E-state index contributed by atoms with van der Waals surface area (Å²) in [6, 6.07) is 13.3. The molecule has 0 spiro atoms. The van der Waals surface area contributed by atoms with E-state index in [1.807, 2.05) is 30.3 Å². The van der Waals surface area contributed by atoms with Crippen molar-refractivity contribution in [3.8, 4) is 22.9 Å². The number of nitrogens with two attached hydrogens (primary N) is 1. The number of benzene rings is 2. The lowest BCUT2D eigenvalue weighted by Crippen LogP contribution is -2.35. The van der Waals surface area contributed by atoms with Gasteiger partial charge in [0.05, 0.1) is 19.9 Å². The van der Waals surface area contributed by atoms with Gasteiger partial charge in [0.2, 0.25) is 0 Å². The summed E-state index contributed by atoms with van der Waals surface area (Å²) < 4.78 is 10.7. The molecule has 7 nitrogen and oxygen atoms in total. The molecule has 2 aromatic carbocycles. The minimum atomic E-state index is -0.0624. The van der Waals surface area contributed by atoms with Gasteiger partial charge >= 0.3 is 0 Å². The second-order valence-corrected chi connectivity index (χ2v) is 7.11. The van der Waals surface area contributed by atoms with E-state index in [4.69, 9.17) is 20.2 Å². The van der Waals surface area contributed by atoms with Crippen molar-refractivity contribution in [2.45, 2.75) is 19.5 Å². The number of aromatic nitrogens is 2. The summed E-state index contributed by atoms with van der Waals surface area (Å²) >= 11 is 0. The van der Waals surface area contributed by atoms with Crippen LogP contribution in [0.4, 0.5) is 5.69 Å². The number of nitrogens with zero attached hydrogens (tertiary/aromatic N) is 2. The summed E-state index contributed by atoms with van der Waals surface area (Å²) in [4.78, 5) is 22.5. The molecule has 150 valence electrons. The zero-order valence-corrected chi connectivity index (χ0v) is 16.6. The Hall–Kier alpha value is -3.32. The van der Waals surface area contributed by atoms with Gasteiger partial charge in [-0.1, -0.05) is 6.07 Å². The molecule has 29 heavy (non-hydrogen) atoms. The van der Waals surface area contributed by atoms with Crippen LogP contribution in [0.15, 0.2) is 47.3 Å². The normalized spacial score (nSPS) is 13.7. The summed E-state index contributed by atoms with van der Waals surface area (Å²) in [5.41, 5.74) is 9.93. The predicted molar refractivity (Wildman–Crippen MR) is 112 cm³/mol. The highest BCUT2D eigenvalue weighted by Crippen LogP contribution is 2.29. The molecule has 3 N–H and O–H groups in total. The molecule has 0 saturated carbocycles. The summed E-state index contributed by atoms with van der Waals surface area (Å²) in [5.74, 6) is 1.99. The molecular weight excluding hydrogens is 368 g/mol. The highest BCUT2D eigenvalue weighted by atomic mass is 16.5. The minimum absolute atomic E-state index is 0.0624. The van der Waals surface area contributed by atoms with Crippen LogP contribution < -0.4 is 20.8 Å². The number of H-pyrrole nitrogens is 1. The largest absolute Gasteiger partial charge is 0.493 e. The van der Waals surface area contributed by atoms with Crippen molar-refractivity contribution < 1.29 is 9.47 Å². The molecule has 0 aliphatic carbocycles. The lowest BCUT2D eigenvalue weighted by molar-refractivity contribution is 0.240. The Labute approximate surface area is 169 Å². The number of ether oxygens (including phenoxy) is 2. The van der Waals surface area contributed by atoms with Crippen molar-refractivity contribution in [3.05, 3.63) is 69.6 Å². The number of hydrogen-bond donors (Lipinski definition) is 2. The maximum atomic E-state index is 12.6. The standard InChI is InChI=1S/C22H24N4O3/c1-28-19-8-3-14(11-20(19)29-2)12-26-10-9-17-18(13-26)24-21(25-22(17)27)15-4-6-16(23)7-5-15/h3-8,11H,9-10,12-13,23H2,1-2H3,(H,24,25,27). The van der Waals surface area contributed by atoms with Crippen LogP contribution in [0.1, 0.15) is 16.8 Å². The number of nitrogen functional groups attached to an aromatic ring is 1. The quantitative estimate of drug-likeness (QED) is 0.649. The zero-order valence-electron chi connectivity index (χ0n) is 16.6. The van der Waals surface area contributed by atoms with E-state index in [9.17, 15) is 4.79 Å². The van der Waals surface area contributed by atoms with Crippen molar-refractivity contribution in [1.29, 1.82) is 0 Å². The molecule has 0 bridgehead atoms. The van der Waals surface area contributed by atoms with Crippen LogP contribution in [0.25, 0.3) is 11.4 Å². The van der Waals surface area contributed by atoms with Gasteiger partial charge < -0.3 is 20.2 Å². The first kappa shape index (κ1) is 19.0. The maximum Gasteiger partial charge on any atom is 0.254 e. The molecular formula is C22H24N4O3. The molecule has 1 aliphatic heterocycles. The molecule has 0 radical (unpaired) electrons. The van der Waals surface area contributed by atoms with Gasteiger partial charge in [0, 0.05) is 36.4 Å². The molecule has 0 fully saturated rings. The Bertz CT molecular complexity index is 1080. The zero-order chi connectivity index (χ0) is 20.4. The number of nitrogens with one attached hydrogen (secondary N) is 1. The summed E-state index contributed by atoms with van der Waals surface area (Å²) in [5, 5.41) is 0. The van der Waals surface area contributed by atoms with Crippen molar-refractivity contribution in [2.75, 3.05) is 26.5 Å². The predicted octanol–water partition coefficient (Wildman–Crippen LogP) is 2.59. The van der Waals surface area contributed by atoms with E-state index >= 15 is 0 Å². The van der Waals surface area contributed by atoms with Gasteiger partial charge in [-0.05, 0) is 48.4 Å². The Morgan fingerprint density at radius 2 is 1.86 bits per heavy atom. The fraction of sp³-hybridized carbons (Fsp3) is 0.273. The van der Waals surface area contributed by atoms with Crippen LogP contribution in [0, 0.1) is 0 Å². The first-order valence-electron chi connectivity index (χ1n) is 9.48. The van der Waals surface area contributed by atoms with E-state index in [1.165, 1.54) is 0 Å². The lowest BCUT2D eigenvalue weighted by atomic mass is 10.0. The fourth-order valence-electron chi connectivity index (χ4n) is 3.64. The highest BCUT2D eigenvalue weighted by Gasteiger charge is 2.22. The third-order valence-electron chi connectivity index (χ3n) is 5.19. The van der Waals surface area contributed by atoms with Gasteiger partial charge in [-0.3, -0.25) is 9.69 Å². The van der Waals surface area contributed by atoms with E-state index in [-0.39, 0.29) is 5.56 Å². The van der Waals surface area contributed by atoms with Crippen LogP contribution >= 0.6 is 0 Å². The Balaban J connectivity index is 1.57. The number of fused-ring (bicyclic) bond motifs is 1. The van der Waals surface area contributed by atoms with Crippen LogP contribution in [0.5, 0.6) is 11.5 Å². The molecule has 2 heterocycles. The summed E-state index contributed by atoms with van der Waals surface area (Å²) in [6.07, 6.45) is 0.674. The average molecular weight is 392 g/mol. The second-order valence-electron chi connectivity index (χ2n) is 7.11. The SMILES string of the molecule is COc1ccc(CN2CCc3c(nc(-c4ccc(N)cc4)[nH]c3=O)C2)cc1OC. The maximum absolute atomic E-state index is 12.6. The average Bonchev–Trinajstić information content (AvgIpc) is 2.74. The lowest BCUT2D eigenvalue weighted by Gasteiger charge is -2.28. The second kappa shape index (κ2) is 7.97. The van der Waals surface area contributed by atoms with Gasteiger partial charge in [0.1, 0.15) is 5.82 Å². The van der Waals surface area contributed by atoms with E-state index in [2.05, 4.69) is 9.88 Å². The third-order valence-corrected chi connectivity index (χ3v) is 5.19. The topological polar surface area (TPSA) is 93.5 Å². The molecule has 3 aromatic rings. The Morgan fingerprint density at radius 1 is 1.10 bits per heavy atom. The number of rotatable bonds is 5. The van der Waals surface area contributed by atoms with E-state index in [1.54, 1.807) is 26.4 Å². The number of aromatic amines is 1. The first-order valence-corrected chi connectivity index (χ1v) is 9.48. The van der Waals surface area contributed by atoms with E-state index in [0.29, 0.717) is 36.0 Å². The number of hydrogen-bond acceptors (Lipinski definition) is 6. The van der Waals surface area contributed by atoms with Crippen LogP contribution in [-0.4, -0.2) is 35.6 Å². The number of methoxy groups -OCH3 is 2. The molecule has 1 aromatic heterocycles. The van der Waals surface area contributed by atoms with Crippen LogP contribution in [0.3, 0.4) is 0 Å². The minimum Gasteiger partial charge on any atom is -0.493 e. The first-order chi connectivity index (χ1) is 14.1. The summed E-state index contributed by atoms with van der Waals surface area (Å²) in [7, 11) is 3.26. The number of anilines is 1. The van der Waals surface area contributed by atoms with Crippen molar-refractivity contribution >= 4 is 5.69 Å². The summed E-state index contributed by atoms with van der Waals surface area (Å²) in [6.45, 7) is 2.16. The molecule has 0 saturated heterocycles. The van der Waals surface area contributed by atoms with Crippen LogP contribution in [-0.2, 0) is 19.5 Å². The van der Waals surface area contributed by atoms with Gasteiger partial charge in [-0.15, -0.1) is 0 Å². The monoisotopic (exact) mass is 392 g/mol. The molecule has 7 heteroatoms. The van der Waals surface area contributed by atoms with Gasteiger partial charge in [-0.2, -0.15) is 0 Å². The van der Waals surface area contributed by atoms with Crippen molar-refractivity contribution in [3.63, 3.8) is 0 Å². The van der Waals surface area contributed by atoms with Crippen molar-refractivity contribution in [1.82, 2.24) is 14.9 Å². The molecule has 0 atom stereocenters. The third kappa shape index (κ3) is 3.95. The van der Waals surface area contributed by atoms with Gasteiger partial charge in [0.25, 0.3) is 5.56 Å². The van der Waals surface area contributed by atoms with Crippen LogP contribution in [0.2, 0.25) is 0 Å². The van der Waals surface area contributed by atoms with Gasteiger partial charge in [-0.25, -0.2) is 4.98 Å². The van der Waals surface area contributed by atoms with E-state index in [0.717, 1.165) is 35.5 Å². The van der Waals surface area contributed by atoms with Gasteiger partial charge in [0.15, 0.2) is 11.5 Å².